The number of nitriles is 1. The summed E-state index contributed by atoms with van der Waals surface area (Å²) in [4.78, 5) is 26.1. The monoisotopic (exact) mass is 363 g/mol. The highest BCUT2D eigenvalue weighted by atomic mass is 16.5. The van der Waals surface area contributed by atoms with Gasteiger partial charge in [-0.3, -0.25) is 9.59 Å². The van der Waals surface area contributed by atoms with E-state index in [1.807, 2.05) is 23.1 Å². The average molecular weight is 363 g/mol. The van der Waals surface area contributed by atoms with E-state index in [2.05, 4.69) is 5.32 Å². The van der Waals surface area contributed by atoms with E-state index in [-0.39, 0.29) is 18.4 Å². The molecule has 0 aromatic heterocycles. The van der Waals surface area contributed by atoms with Crippen molar-refractivity contribution in [3.8, 4) is 11.8 Å². The van der Waals surface area contributed by atoms with Gasteiger partial charge in [0, 0.05) is 25.2 Å². The first-order valence-electron chi connectivity index (χ1n) is 8.94. The van der Waals surface area contributed by atoms with Crippen molar-refractivity contribution in [2.75, 3.05) is 19.7 Å². The highest BCUT2D eigenvalue weighted by Crippen LogP contribution is 2.16. The Hall–Kier alpha value is -3.33. The zero-order valence-electron chi connectivity index (χ0n) is 15.0. The lowest BCUT2D eigenvalue weighted by Gasteiger charge is -2.15. The zero-order chi connectivity index (χ0) is 19.1. The molecule has 0 saturated carbocycles. The standard InChI is InChI=1S/C21H21N3O3/c22-13-18-5-1-2-6-19(18)27-15-20(25)23-14-16-7-9-17(10-8-16)21(26)24-11-3-4-12-24/h1-2,5-10H,3-4,11-12,14-15H2,(H,23,25). The van der Waals surface area contributed by atoms with Crippen molar-refractivity contribution in [1.82, 2.24) is 10.2 Å². The second kappa shape index (κ2) is 8.86. The number of carbonyl (C=O) groups is 2. The fraction of sp³-hybridized carbons (Fsp3) is 0.286. The van der Waals surface area contributed by atoms with Crippen molar-refractivity contribution >= 4 is 11.8 Å². The highest BCUT2D eigenvalue weighted by Gasteiger charge is 2.19. The lowest BCUT2D eigenvalue weighted by Crippen LogP contribution is -2.29. The van der Waals surface area contributed by atoms with Crippen LogP contribution in [0.5, 0.6) is 5.75 Å². The number of ether oxygens (including phenoxy) is 1. The number of amides is 2. The summed E-state index contributed by atoms with van der Waals surface area (Å²) < 4.78 is 5.40. The van der Waals surface area contributed by atoms with E-state index in [0.717, 1.165) is 31.5 Å². The Labute approximate surface area is 158 Å². The van der Waals surface area contributed by atoms with Crippen LogP contribution in [0.4, 0.5) is 0 Å². The molecule has 0 spiro atoms. The zero-order valence-corrected chi connectivity index (χ0v) is 15.0. The van der Waals surface area contributed by atoms with Crippen molar-refractivity contribution < 1.29 is 14.3 Å². The molecule has 6 heteroatoms. The molecule has 138 valence electrons. The molecule has 3 rings (SSSR count). The van der Waals surface area contributed by atoms with Crippen LogP contribution in [0.15, 0.2) is 48.5 Å². The van der Waals surface area contributed by atoms with Crippen LogP contribution in [0.2, 0.25) is 0 Å². The molecule has 1 aliphatic rings. The van der Waals surface area contributed by atoms with Gasteiger partial charge in [0.1, 0.15) is 11.8 Å². The number of nitrogens with zero attached hydrogens (tertiary/aromatic N) is 2. The molecule has 1 heterocycles. The van der Waals surface area contributed by atoms with Crippen LogP contribution in [0.3, 0.4) is 0 Å². The van der Waals surface area contributed by atoms with Crippen molar-refractivity contribution in [1.29, 1.82) is 5.26 Å². The minimum absolute atomic E-state index is 0.0626. The lowest BCUT2D eigenvalue weighted by molar-refractivity contribution is -0.123. The SMILES string of the molecule is N#Cc1ccccc1OCC(=O)NCc1ccc(C(=O)N2CCCC2)cc1. The summed E-state index contributed by atoms with van der Waals surface area (Å²) in [6.07, 6.45) is 2.13. The van der Waals surface area contributed by atoms with E-state index in [4.69, 9.17) is 10.00 Å². The van der Waals surface area contributed by atoms with Crippen LogP contribution < -0.4 is 10.1 Å². The molecular weight excluding hydrogens is 342 g/mol. The molecule has 2 amide bonds. The van der Waals surface area contributed by atoms with Crippen LogP contribution in [0.25, 0.3) is 0 Å². The van der Waals surface area contributed by atoms with Crippen molar-refractivity contribution in [3.05, 3.63) is 65.2 Å². The number of hydrogen-bond donors (Lipinski definition) is 1. The number of benzene rings is 2. The molecule has 0 aliphatic carbocycles. The molecule has 1 fully saturated rings. The molecule has 27 heavy (non-hydrogen) atoms. The van der Waals surface area contributed by atoms with Gasteiger partial charge in [-0.25, -0.2) is 0 Å². The molecule has 6 nitrogen and oxygen atoms in total. The van der Waals surface area contributed by atoms with Crippen molar-refractivity contribution in [2.45, 2.75) is 19.4 Å². The fourth-order valence-corrected chi connectivity index (χ4v) is 2.95. The quantitative estimate of drug-likeness (QED) is 0.855. The maximum atomic E-state index is 12.3. The summed E-state index contributed by atoms with van der Waals surface area (Å²) >= 11 is 0. The van der Waals surface area contributed by atoms with E-state index >= 15 is 0 Å². The van der Waals surface area contributed by atoms with Gasteiger partial charge in [-0.05, 0) is 42.7 Å². The van der Waals surface area contributed by atoms with Gasteiger partial charge in [0.25, 0.3) is 11.8 Å². The van der Waals surface area contributed by atoms with E-state index < -0.39 is 0 Å². The maximum absolute atomic E-state index is 12.3. The van der Waals surface area contributed by atoms with Crippen LogP contribution in [-0.2, 0) is 11.3 Å². The van der Waals surface area contributed by atoms with Gasteiger partial charge in [0.05, 0.1) is 5.56 Å². The van der Waals surface area contributed by atoms with Gasteiger partial charge in [0.15, 0.2) is 6.61 Å². The normalized spacial score (nSPS) is 13.1. The predicted molar refractivity (Wildman–Crippen MR) is 100 cm³/mol. The summed E-state index contributed by atoms with van der Waals surface area (Å²) in [6, 6.07) is 16.1. The Bertz CT molecular complexity index is 850. The number of para-hydroxylation sites is 1. The van der Waals surface area contributed by atoms with E-state index in [9.17, 15) is 9.59 Å². The Balaban J connectivity index is 1.47. The topological polar surface area (TPSA) is 82.4 Å². The Morgan fingerprint density at radius 2 is 1.78 bits per heavy atom. The minimum Gasteiger partial charge on any atom is -0.482 e. The number of hydrogen-bond acceptors (Lipinski definition) is 4. The average Bonchev–Trinajstić information content (AvgIpc) is 3.25. The first-order valence-corrected chi connectivity index (χ1v) is 8.94. The summed E-state index contributed by atoms with van der Waals surface area (Å²) in [5, 5.41) is 11.8. The van der Waals surface area contributed by atoms with Crippen molar-refractivity contribution in [2.24, 2.45) is 0 Å². The fourth-order valence-electron chi connectivity index (χ4n) is 2.95. The number of carbonyl (C=O) groups excluding carboxylic acids is 2. The number of likely N-dealkylation sites (tertiary alicyclic amines) is 1. The third kappa shape index (κ3) is 4.85. The molecule has 1 aliphatic heterocycles. The van der Waals surface area contributed by atoms with Gasteiger partial charge < -0.3 is 15.0 Å². The Morgan fingerprint density at radius 3 is 2.48 bits per heavy atom. The predicted octanol–water partition coefficient (Wildman–Crippen LogP) is 2.49. The van der Waals surface area contributed by atoms with Gasteiger partial charge in [0.2, 0.25) is 0 Å². The molecule has 0 atom stereocenters. The van der Waals surface area contributed by atoms with Gasteiger partial charge in [-0.2, -0.15) is 5.26 Å². The van der Waals surface area contributed by atoms with E-state index in [1.54, 1.807) is 36.4 Å². The Morgan fingerprint density at radius 1 is 1.07 bits per heavy atom. The summed E-state index contributed by atoms with van der Waals surface area (Å²) in [5.74, 6) is 0.174. The molecule has 1 saturated heterocycles. The second-order valence-electron chi connectivity index (χ2n) is 6.37. The summed E-state index contributed by atoms with van der Waals surface area (Å²) in [6.45, 7) is 1.83. The Kier molecular flexibility index (Phi) is 6.06. The summed E-state index contributed by atoms with van der Waals surface area (Å²) in [7, 11) is 0. The molecule has 0 radical (unpaired) electrons. The third-order valence-corrected chi connectivity index (χ3v) is 4.45. The molecule has 1 N–H and O–H groups in total. The van der Waals surface area contributed by atoms with Crippen molar-refractivity contribution in [3.63, 3.8) is 0 Å². The van der Waals surface area contributed by atoms with Gasteiger partial charge in [-0.1, -0.05) is 24.3 Å². The highest BCUT2D eigenvalue weighted by molar-refractivity contribution is 5.94. The first kappa shape index (κ1) is 18.5. The number of rotatable bonds is 6. The molecule has 2 aromatic rings. The van der Waals surface area contributed by atoms with Crippen LogP contribution in [-0.4, -0.2) is 36.4 Å². The van der Waals surface area contributed by atoms with E-state index in [0.29, 0.717) is 23.4 Å². The van der Waals surface area contributed by atoms with Crippen LogP contribution in [0.1, 0.15) is 34.3 Å². The second-order valence-corrected chi connectivity index (χ2v) is 6.37. The largest absolute Gasteiger partial charge is 0.482 e. The lowest BCUT2D eigenvalue weighted by atomic mass is 10.1. The van der Waals surface area contributed by atoms with Crippen LogP contribution >= 0.6 is 0 Å². The first-order chi connectivity index (χ1) is 13.2. The van der Waals surface area contributed by atoms with E-state index in [1.165, 1.54) is 0 Å². The molecule has 0 unspecified atom stereocenters. The number of nitrogens with one attached hydrogen (secondary N) is 1. The smallest absolute Gasteiger partial charge is 0.258 e. The molecule has 2 aromatic carbocycles. The third-order valence-electron chi connectivity index (χ3n) is 4.45. The summed E-state index contributed by atoms with van der Waals surface area (Å²) in [5.41, 5.74) is 1.96. The molecular formula is C21H21N3O3. The van der Waals surface area contributed by atoms with Crippen LogP contribution in [0, 0.1) is 11.3 Å². The van der Waals surface area contributed by atoms with Gasteiger partial charge >= 0.3 is 0 Å². The maximum Gasteiger partial charge on any atom is 0.258 e. The molecule has 0 bridgehead atoms. The minimum atomic E-state index is -0.278. The van der Waals surface area contributed by atoms with Gasteiger partial charge in [-0.15, -0.1) is 0 Å².